The van der Waals surface area contributed by atoms with Crippen LogP contribution in [0.4, 0.5) is 0 Å². The molecule has 2 nitrogen and oxygen atoms in total. The van der Waals surface area contributed by atoms with Crippen molar-refractivity contribution in [1.82, 2.24) is 0 Å². The van der Waals surface area contributed by atoms with E-state index in [1.807, 2.05) is 0 Å². The molecule has 0 aromatic rings. The van der Waals surface area contributed by atoms with Gasteiger partial charge in [0.15, 0.2) is 0 Å². The number of hydrogen-bond donors (Lipinski definition) is 1. The Labute approximate surface area is 77.3 Å². The smallest absolute Gasteiger partial charge is 0.140 e. The van der Waals surface area contributed by atoms with Crippen molar-refractivity contribution in [2.45, 2.75) is 31.8 Å². The topological polar surface area (TPSA) is 37.3 Å². The third-order valence-corrected chi connectivity index (χ3v) is 4.53. The molecular weight excluding hydrogens is 164 g/mol. The number of terminal acetylenes is 1. The van der Waals surface area contributed by atoms with E-state index in [0.29, 0.717) is 24.5 Å². The first-order chi connectivity index (χ1) is 6.17. The first-order valence-corrected chi connectivity index (χ1v) is 4.82. The van der Waals surface area contributed by atoms with Crippen molar-refractivity contribution in [3.05, 3.63) is 0 Å². The van der Waals surface area contributed by atoms with Gasteiger partial charge >= 0.3 is 0 Å². The number of ketones is 1. The Kier molecular flexibility index (Phi) is 1.07. The zero-order chi connectivity index (χ0) is 9.27. The summed E-state index contributed by atoms with van der Waals surface area (Å²) < 4.78 is 0. The van der Waals surface area contributed by atoms with Crippen LogP contribution in [0.1, 0.15) is 25.7 Å². The predicted molar refractivity (Wildman–Crippen MR) is 46.7 cm³/mol. The SMILES string of the molecule is C#CCC12CC(=O)C13CC3CC2O. The van der Waals surface area contributed by atoms with Gasteiger partial charge in [0, 0.05) is 23.7 Å². The lowest BCUT2D eigenvalue weighted by molar-refractivity contribution is -0.154. The monoisotopic (exact) mass is 176 g/mol. The minimum Gasteiger partial charge on any atom is -0.392 e. The number of aliphatic hydroxyl groups excluding tert-OH is 1. The summed E-state index contributed by atoms with van der Waals surface area (Å²) in [5, 5.41) is 9.87. The van der Waals surface area contributed by atoms with Crippen molar-refractivity contribution < 1.29 is 9.90 Å². The van der Waals surface area contributed by atoms with Crippen molar-refractivity contribution in [2.24, 2.45) is 16.7 Å². The Bertz CT molecular complexity index is 340. The van der Waals surface area contributed by atoms with Gasteiger partial charge in [-0.3, -0.25) is 4.79 Å². The Morgan fingerprint density at radius 2 is 2.46 bits per heavy atom. The van der Waals surface area contributed by atoms with E-state index < -0.39 is 0 Å². The molecule has 3 saturated carbocycles. The van der Waals surface area contributed by atoms with Crippen LogP contribution in [-0.4, -0.2) is 17.0 Å². The maximum atomic E-state index is 11.5. The molecule has 0 radical (unpaired) electrons. The Balaban J connectivity index is 2.03. The molecule has 0 aromatic carbocycles. The van der Waals surface area contributed by atoms with Gasteiger partial charge in [-0.15, -0.1) is 12.3 Å². The molecule has 13 heavy (non-hydrogen) atoms. The second kappa shape index (κ2) is 1.83. The number of aliphatic hydroxyl groups is 1. The molecule has 2 heteroatoms. The van der Waals surface area contributed by atoms with Crippen LogP contribution < -0.4 is 0 Å². The molecule has 3 aliphatic rings. The number of Topliss-reactive ketones (excluding diaryl/α,β-unsaturated/α-hetero) is 1. The number of rotatable bonds is 1. The molecule has 1 N–H and O–H groups in total. The number of carbonyl (C=O) groups is 1. The molecule has 3 aliphatic carbocycles. The Morgan fingerprint density at radius 1 is 1.69 bits per heavy atom. The van der Waals surface area contributed by atoms with Crippen LogP contribution in [0.3, 0.4) is 0 Å². The van der Waals surface area contributed by atoms with Gasteiger partial charge < -0.3 is 5.11 Å². The summed E-state index contributed by atoms with van der Waals surface area (Å²) in [5.41, 5.74) is -0.359. The summed E-state index contributed by atoms with van der Waals surface area (Å²) >= 11 is 0. The van der Waals surface area contributed by atoms with Crippen LogP contribution in [0.15, 0.2) is 0 Å². The average Bonchev–Trinajstić information content (AvgIpc) is 2.77. The van der Waals surface area contributed by atoms with Crippen molar-refractivity contribution in [1.29, 1.82) is 0 Å². The average molecular weight is 176 g/mol. The maximum Gasteiger partial charge on any atom is 0.140 e. The van der Waals surface area contributed by atoms with E-state index in [2.05, 4.69) is 5.92 Å². The fourth-order valence-electron chi connectivity index (χ4n) is 3.77. The highest BCUT2D eigenvalue weighted by molar-refractivity contribution is 5.97. The molecule has 0 amide bonds. The zero-order valence-electron chi connectivity index (χ0n) is 7.42. The first kappa shape index (κ1) is 7.58. The largest absolute Gasteiger partial charge is 0.392 e. The molecule has 0 aliphatic heterocycles. The van der Waals surface area contributed by atoms with Crippen LogP contribution in [0.25, 0.3) is 0 Å². The predicted octanol–water partition coefficient (Wildman–Crippen LogP) is 0.740. The van der Waals surface area contributed by atoms with Crippen molar-refractivity contribution >= 4 is 5.78 Å². The summed E-state index contributed by atoms with van der Waals surface area (Å²) in [7, 11) is 0. The van der Waals surface area contributed by atoms with Crippen molar-refractivity contribution in [3.63, 3.8) is 0 Å². The van der Waals surface area contributed by atoms with Gasteiger partial charge in [-0.2, -0.15) is 0 Å². The van der Waals surface area contributed by atoms with E-state index in [-0.39, 0.29) is 16.9 Å². The molecule has 0 bridgehead atoms. The van der Waals surface area contributed by atoms with E-state index in [1.54, 1.807) is 0 Å². The highest BCUT2D eigenvalue weighted by atomic mass is 16.3. The van der Waals surface area contributed by atoms with Gasteiger partial charge in [-0.25, -0.2) is 0 Å². The van der Waals surface area contributed by atoms with Crippen LogP contribution in [0, 0.1) is 29.1 Å². The van der Waals surface area contributed by atoms with Crippen LogP contribution in [0.5, 0.6) is 0 Å². The van der Waals surface area contributed by atoms with Crippen molar-refractivity contribution in [3.8, 4) is 12.3 Å². The second-order valence-electron chi connectivity index (χ2n) is 4.76. The highest BCUT2D eigenvalue weighted by Crippen LogP contribution is 2.81. The van der Waals surface area contributed by atoms with Crippen LogP contribution in [-0.2, 0) is 4.79 Å². The van der Waals surface area contributed by atoms with E-state index in [0.717, 1.165) is 12.8 Å². The highest BCUT2D eigenvalue weighted by Gasteiger charge is 2.83. The summed E-state index contributed by atoms with van der Waals surface area (Å²) in [6.45, 7) is 0. The Hall–Kier alpha value is -0.810. The lowest BCUT2D eigenvalue weighted by Gasteiger charge is -2.48. The molecule has 0 aromatic heterocycles. The third kappa shape index (κ3) is 0.531. The van der Waals surface area contributed by atoms with Gasteiger partial charge in [0.1, 0.15) is 5.78 Å². The van der Waals surface area contributed by atoms with Gasteiger partial charge in [0.25, 0.3) is 0 Å². The quantitative estimate of drug-likeness (QED) is 0.598. The number of carbonyl (C=O) groups excluding carboxylic acids is 1. The molecule has 0 heterocycles. The molecular formula is C11H12O2. The van der Waals surface area contributed by atoms with Gasteiger partial charge in [0.05, 0.1) is 6.10 Å². The molecule has 4 atom stereocenters. The van der Waals surface area contributed by atoms with E-state index in [4.69, 9.17) is 6.42 Å². The molecule has 4 unspecified atom stereocenters. The van der Waals surface area contributed by atoms with Crippen molar-refractivity contribution in [2.75, 3.05) is 0 Å². The zero-order valence-corrected chi connectivity index (χ0v) is 7.42. The standard InChI is InChI=1S/C11H12O2/c1-2-3-10-6-9(13)11(10)5-7(11)4-8(10)12/h1,7-8,12H,3-6H2. The minimum atomic E-state index is -0.319. The lowest BCUT2D eigenvalue weighted by atomic mass is 9.54. The molecule has 0 saturated heterocycles. The van der Waals surface area contributed by atoms with E-state index in [1.165, 1.54) is 0 Å². The second-order valence-corrected chi connectivity index (χ2v) is 4.76. The summed E-state index contributed by atoms with van der Waals surface area (Å²) in [4.78, 5) is 11.5. The lowest BCUT2D eigenvalue weighted by Crippen LogP contribution is -2.54. The third-order valence-electron chi connectivity index (χ3n) is 4.53. The fraction of sp³-hybridized carbons (Fsp3) is 0.727. The summed E-state index contributed by atoms with van der Waals surface area (Å²) in [5.74, 6) is 3.43. The van der Waals surface area contributed by atoms with Gasteiger partial charge in [-0.1, -0.05) is 0 Å². The maximum absolute atomic E-state index is 11.5. The molecule has 68 valence electrons. The van der Waals surface area contributed by atoms with Gasteiger partial charge in [-0.05, 0) is 18.8 Å². The normalized spacial score (nSPS) is 56.2. The van der Waals surface area contributed by atoms with Gasteiger partial charge in [0.2, 0.25) is 0 Å². The molecule has 3 rings (SSSR count). The fourth-order valence-corrected chi connectivity index (χ4v) is 3.77. The Morgan fingerprint density at radius 3 is 3.08 bits per heavy atom. The minimum absolute atomic E-state index is 0.154. The number of hydrogen-bond acceptors (Lipinski definition) is 2. The summed E-state index contributed by atoms with van der Waals surface area (Å²) in [6.07, 6.45) is 7.88. The van der Waals surface area contributed by atoms with E-state index in [9.17, 15) is 9.90 Å². The molecule has 3 fully saturated rings. The molecule has 1 spiro atoms. The van der Waals surface area contributed by atoms with E-state index >= 15 is 0 Å². The van der Waals surface area contributed by atoms with Crippen LogP contribution >= 0.6 is 0 Å². The van der Waals surface area contributed by atoms with Crippen LogP contribution in [0.2, 0.25) is 0 Å². The first-order valence-electron chi connectivity index (χ1n) is 4.82. The summed E-state index contributed by atoms with van der Waals surface area (Å²) in [6, 6.07) is 0.